The minimum Gasteiger partial charge on any atom is -0.314 e. The molecule has 0 bridgehead atoms. The third-order valence-corrected chi connectivity index (χ3v) is 5.24. The van der Waals surface area contributed by atoms with E-state index in [0.29, 0.717) is 0 Å². The minimum atomic E-state index is 0.788. The molecule has 1 rings (SSSR count). The van der Waals surface area contributed by atoms with Crippen molar-refractivity contribution in [3.05, 3.63) is 12.7 Å². The molecule has 0 saturated heterocycles. The van der Waals surface area contributed by atoms with Gasteiger partial charge >= 0.3 is 0 Å². The average Bonchev–Trinajstić information content (AvgIpc) is 2.51. The Kier molecular flexibility index (Phi) is 10.9. The van der Waals surface area contributed by atoms with Gasteiger partial charge in [-0.15, -0.1) is 6.58 Å². The van der Waals surface area contributed by atoms with Gasteiger partial charge in [0.05, 0.1) is 0 Å². The number of hydrogen-bond donors (Lipinski definition) is 1. The molecule has 124 valence electrons. The van der Waals surface area contributed by atoms with E-state index in [9.17, 15) is 0 Å². The van der Waals surface area contributed by atoms with Gasteiger partial charge in [0.1, 0.15) is 0 Å². The molecule has 0 aliphatic heterocycles. The predicted molar refractivity (Wildman–Crippen MR) is 95.7 cm³/mol. The van der Waals surface area contributed by atoms with E-state index in [1.807, 2.05) is 0 Å². The monoisotopic (exact) mass is 293 g/mol. The summed E-state index contributed by atoms with van der Waals surface area (Å²) < 4.78 is 0. The molecule has 0 aromatic rings. The van der Waals surface area contributed by atoms with Crippen LogP contribution < -0.4 is 5.32 Å². The Morgan fingerprint density at radius 2 is 1.81 bits per heavy atom. The first-order valence-electron chi connectivity index (χ1n) is 9.66. The zero-order chi connectivity index (χ0) is 15.3. The van der Waals surface area contributed by atoms with Crippen molar-refractivity contribution in [2.75, 3.05) is 6.54 Å². The summed E-state index contributed by atoms with van der Waals surface area (Å²) in [6, 6.07) is 0.788. The zero-order valence-corrected chi connectivity index (χ0v) is 14.7. The maximum atomic E-state index is 3.86. The normalized spacial score (nSPS) is 23.9. The summed E-state index contributed by atoms with van der Waals surface area (Å²) in [5, 5.41) is 3.86. The Balaban J connectivity index is 2.29. The quantitative estimate of drug-likeness (QED) is 0.339. The molecule has 1 fully saturated rings. The maximum Gasteiger partial charge on any atom is 0.00953 e. The zero-order valence-electron chi connectivity index (χ0n) is 14.7. The van der Waals surface area contributed by atoms with Gasteiger partial charge in [-0.2, -0.15) is 0 Å². The topological polar surface area (TPSA) is 12.0 Å². The van der Waals surface area contributed by atoms with Crippen molar-refractivity contribution in [3.8, 4) is 0 Å². The van der Waals surface area contributed by atoms with Crippen LogP contribution in [0.25, 0.3) is 0 Å². The van der Waals surface area contributed by atoms with Crippen LogP contribution in [-0.2, 0) is 0 Å². The predicted octanol–water partition coefficient (Wildman–Crippen LogP) is 6.10. The number of nitrogens with one attached hydrogen (secondary N) is 1. The molecule has 1 unspecified atom stereocenters. The lowest BCUT2D eigenvalue weighted by Gasteiger charge is -2.34. The number of rotatable bonds is 12. The lowest BCUT2D eigenvalue weighted by molar-refractivity contribution is 0.205. The number of hydrogen-bond acceptors (Lipinski definition) is 1. The van der Waals surface area contributed by atoms with Crippen LogP contribution in [0.15, 0.2) is 12.7 Å². The van der Waals surface area contributed by atoms with Crippen molar-refractivity contribution in [1.82, 2.24) is 5.32 Å². The highest BCUT2D eigenvalue weighted by atomic mass is 14.9. The van der Waals surface area contributed by atoms with E-state index in [2.05, 4.69) is 31.8 Å². The summed E-state index contributed by atoms with van der Waals surface area (Å²) in [5.41, 5.74) is 0. The fourth-order valence-corrected chi connectivity index (χ4v) is 3.95. The van der Waals surface area contributed by atoms with Crippen molar-refractivity contribution in [3.63, 3.8) is 0 Å². The average molecular weight is 294 g/mol. The second kappa shape index (κ2) is 12.3. The Morgan fingerprint density at radius 1 is 1.05 bits per heavy atom. The molecule has 0 aromatic carbocycles. The highest BCUT2D eigenvalue weighted by Crippen LogP contribution is 2.34. The summed E-state index contributed by atoms with van der Waals surface area (Å²) in [6.07, 6.45) is 18.7. The van der Waals surface area contributed by atoms with Crippen molar-refractivity contribution < 1.29 is 0 Å². The van der Waals surface area contributed by atoms with Crippen molar-refractivity contribution in [1.29, 1.82) is 0 Å². The second-order valence-corrected chi connectivity index (χ2v) is 7.06. The molecule has 1 saturated carbocycles. The van der Waals surface area contributed by atoms with Gasteiger partial charge in [0.15, 0.2) is 0 Å². The van der Waals surface area contributed by atoms with Crippen LogP contribution in [0, 0.1) is 11.8 Å². The van der Waals surface area contributed by atoms with Crippen molar-refractivity contribution in [2.24, 2.45) is 11.8 Å². The van der Waals surface area contributed by atoms with Crippen LogP contribution in [0.3, 0.4) is 0 Å². The summed E-state index contributed by atoms with van der Waals surface area (Å²) in [6.45, 7) is 9.64. The largest absolute Gasteiger partial charge is 0.314 e. The van der Waals surface area contributed by atoms with Crippen LogP contribution >= 0.6 is 0 Å². The van der Waals surface area contributed by atoms with Gasteiger partial charge in [-0.25, -0.2) is 0 Å². The smallest absolute Gasteiger partial charge is 0.00953 e. The lowest BCUT2D eigenvalue weighted by Crippen LogP contribution is -2.38. The van der Waals surface area contributed by atoms with E-state index in [4.69, 9.17) is 0 Å². The molecule has 21 heavy (non-hydrogen) atoms. The van der Waals surface area contributed by atoms with Crippen LogP contribution in [0.2, 0.25) is 0 Å². The molecule has 0 spiro atoms. The summed E-state index contributed by atoms with van der Waals surface area (Å²) in [5.74, 6) is 1.98. The number of unbranched alkanes of at least 4 members (excludes halogenated alkanes) is 3. The molecule has 0 amide bonds. The Bertz CT molecular complexity index is 240. The maximum absolute atomic E-state index is 3.86. The summed E-state index contributed by atoms with van der Waals surface area (Å²) in [7, 11) is 0. The SMILES string of the molecule is C=CCCCCCC(NCCC)C1CCC(CCC)CC1. The van der Waals surface area contributed by atoms with Crippen molar-refractivity contribution in [2.45, 2.75) is 96.9 Å². The van der Waals surface area contributed by atoms with Gasteiger partial charge in [0, 0.05) is 6.04 Å². The molecule has 1 heteroatoms. The molecule has 0 radical (unpaired) electrons. The molecule has 1 atom stereocenters. The van der Waals surface area contributed by atoms with E-state index in [1.54, 1.807) is 0 Å². The van der Waals surface area contributed by atoms with E-state index >= 15 is 0 Å². The summed E-state index contributed by atoms with van der Waals surface area (Å²) >= 11 is 0. The van der Waals surface area contributed by atoms with Gasteiger partial charge < -0.3 is 5.32 Å². The molecule has 0 heterocycles. The van der Waals surface area contributed by atoms with Crippen molar-refractivity contribution >= 4 is 0 Å². The minimum absolute atomic E-state index is 0.788. The molecule has 1 aliphatic rings. The van der Waals surface area contributed by atoms with E-state index in [0.717, 1.165) is 17.9 Å². The van der Waals surface area contributed by atoms with Crippen LogP contribution in [0.1, 0.15) is 90.9 Å². The first-order chi connectivity index (χ1) is 10.3. The lowest BCUT2D eigenvalue weighted by atomic mass is 9.76. The Hall–Kier alpha value is -0.300. The van der Waals surface area contributed by atoms with Gasteiger partial charge in [0.2, 0.25) is 0 Å². The molecule has 1 aliphatic carbocycles. The van der Waals surface area contributed by atoms with E-state index in [-0.39, 0.29) is 0 Å². The standard InChI is InChI=1S/C20H39N/c1-4-7-8-9-10-12-20(21-17-6-3)19-15-13-18(11-5-2)14-16-19/h4,18-21H,1,5-17H2,2-3H3. The van der Waals surface area contributed by atoms with Gasteiger partial charge in [-0.3, -0.25) is 0 Å². The Labute approximate surface area is 134 Å². The third kappa shape index (κ3) is 8.04. The third-order valence-electron chi connectivity index (χ3n) is 5.24. The van der Waals surface area contributed by atoms with Gasteiger partial charge in [-0.05, 0) is 56.9 Å². The highest BCUT2D eigenvalue weighted by molar-refractivity contribution is 4.82. The molecular formula is C20H39N. The van der Waals surface area contributed by atoms with E-state index < -0.39 is 0 Å². The van der Waals surface area contributed by atoms with E-state index in [1.165, 1.54) is 83.6 Å². The van der Waals surface area contributed by atoms with Crippen LogP contribution in [0.5, 0.6) is 0 Å². The molecule has 1 N–H and O–H groups in total. The van der Waals surface area contributed by atoms with Crippen LogP contribution in [0.4, 0.5) is 0 Å². The Morgan fingerprint density at radius 3 is 2.43 bits per heavy atom. The fourth-order valence-electron chi connectivity index (χ4n) is 3.95. The molecule has 1 nitrogen and oxygen atoms in total. The second-order valence-electron chi connectivity index (χ2n) is 7.06. The van der Waals surface area contributed by atoms with Gasteiger partial charge in [0.25, 0.3) is 0 Å². The first-order valence-corrected chi connectivity index (χ1v) is 9.66. The first kappa shape index (κ1) is 18.7. The summed E-state index contributed by atoms with van der Waals surface area (Å²) in [4.78, 5) is 0. The molecule has 0 aromatic heterocycles. The van der Waals surface area contributed by atoms with Crippen LogP contribution in [-0.4, -0.2) is 12.6 Å². The fraction of sp³-hybridized carbons (Fsp3) is 0.900. The number of allylic oxidation sites excluding steroid dienone is 1. The van der Waals surface area contributed by atoms with Gasteiger partial charge in [-0.1, -0.05) is 58.4 Å². The molecular weight excluding hydrogens is 254 g/mol. The highest BCUT2D eigenvalue weighted by Gasteiger charge is 2.26.